The summed E-state index contributed by atoms with van der Waals surface area (Å²) >= 11 is 0. The summed E-state index contributed by atoms with van der Waals surface area (Å²) in [4.78, 5) is 93.3. The summed E-state index contributed by atoms with van der Waals surface area (Å²) in [5.74, 6) is -2.05. The van der Waals surface area contributed by atoms with Crippen LogP contribution in [0.1, 0.15) is 111 Å². The first-order valence-corrected chi connectivity index (χ1v) is 26.0. The average molecular weight is 987 g/mol. The number of hydrogen-bond donors (Lipinski definition) is 4. The van der Waals surface area contributed by atoms with Gasteiger partial charge in [-0.3, -0.25) is 28.8 Å². The smallest absolute Gasteiger partial charge is 0.258 e. The zero-order valence-corrected chi connectivity index (χ0v) is 41.9. The predicted octanol–water partition coefficient (Wildman–Crippen LogP) is 3.31. The van der Waals surface area contributed by atoms with Crippen LogP contribution in [0, 0.1) is 35.5 Å². The Hall–Kier alpha value is -6.40. The van der Waals surface area contributed by atoms with E-state index < -0.39 is 36.0 Å². The van der Waals surface area contributed by atoms with Crippen LogP contribution < -0.4 is 21.8 Å². The number of fused-ring (bicyclic) bond motifs is 6. The lowest BCUT2D eigenvalue weighted by atomic mass is 9.88. The average Bonchev–Trinajstić information content (AvgIpc) is 4.24. The molecule has 0 spiro atoms. The summed E-state index contributed by atoms with van der Waals surface area (Å²) in [6.07, 6.45) is 23.0. The van der Waals surface area contributed by atoms with E-state index in [1.165, 1.54) is 0 Å². The van der Waals surface area contributed by atoms with Crippen molar-refractivity contribution in [2.24, 2.45) is 49.6 Å². The van der Waals surface area contributed by atoms with Gasteiger partial charge in [0, 0.05) is 137 Å². The van der Waals surface area contributed by atoms with Crippen molar-refractivity contribution in [1.29, 1.82) is 0 Å². The molecule has 384 valence electrons. The molecule has 18 nitrogen and oxygen atoms in total. The Bertz CT molecular complexity index is 2640. The molecule has 4 aromatic rings. The van der Waals surface area contributed by atoms with Gasteiger partial charge in [0.15, 0.2) is 0 Å². The molecule has 0 radical (unpaired) electrons. The molecular formula is C54H70N10O8. The Balaban J connectivity index is 0.000000178. The summed E-state index contributed by atoms with van der Waals surface area (Å²) < 4.78 is 7.19. The van der Waals surface area contributed by atoms with E-state index in [1.54, 1.807) is 55.9 Å². The largest absolute Gasteiger partial charge is 0.396 e. The number of aliphatic hydroxyl groups is 2. The molecular weight excluding hydrogens is 917 g/mol. The SMILES string of the molecule is C/C=C/c1ccc2n(c1=O)C[C@@H]1[C@@H](CO)[C@H](C(=O)NCCc3cn(C)cn3)N(C(=O)C3CCCC3)[C@H]21.C/C=C\c1ccc2n(c1=O)C[C@@H]1[C@@H](CO)[C@H](C(=O)NCCc3cn(C)cn3)N(C(=O)C3CCCC3)[C@H]21. The quantitative estimate of drug-likeness (QED) is 0.145. The third-order valence-electron chi connectivity index (χ3n) is 16.2. The van der Waals surface area contributed by atoms with Crippen LogP contribution >= 0.6 is 0 Å². The maximum absolute atomic E-state index is 13.9. The molecule has 6 aliphatic rings. The highest BCUT2D eigenvalue weighted by Crippen LogP contribution is 2.52. The van der Waals surface area contributed by atoms with Gasteiger partial charge in [0.2, 0.25) is 23.6 Å². The summed E-state index contributed by atoms with van der Waals surface area (Å²) in [7, 11) is 3.80. The van der Waals surface area contributed by atoms with Gasteiger partial charge in [-0.2, -0.15) is 0 Å². The second-order valence-corrected chi connectivity index (χ2v) is 20.7. The lowest BCUT2D eigenvalue weighted by molar-refractivity contribution is -0.145. The number of amides is 4. The molecule has 4 aliphatic heterocycles. The van der Waals surface area contributed by atoms with Gasteiger partial charge in [-0.05, 0) is 63.8 Å². The van der Waals surface area contributed by atoms with Crippen LogP contribution in [0.2, 0.25) is 0 Å². The topological polar surface area (TPSA) is 219 Å². The van der Waals surface area contributed by atoms with E-state index in [-0.39, 0.29) is 71.6 Å². The molecule has 8 heterocycles. The van der Waals surface area contributed by atoms with E-state index in [0.717, 1.165) is 74.1 Å². The number of likely N-dealkylation sites (tertiary alicyclic amines) is 2. The first kappa shape index (κ1) is 50.5. The Kier molecular flexibility index (Phi) is 15.3. The molecule has 0 aromatic carbocycles. The fourth-order valence-electron chi connectivity index (χ4n) is 12.9. The molecule has 0 bridgehead atoms. The number of imidazole rings is 2. The number of pyridine rings is 2. The number of nitrogens with zero attached hydrogens (tertiary/aromatic N) is 8. The molecule has 4 amide bonds. The third kappa shape index (κ3) is 9.54. The Labute approximate surface area is 419 Å². The van der Waals surface area contributed by atoms with Gasteiger partial charge in [0.25, 0.3) is 11.1 Å². The molecule has 10 rings (SSSR count). The number of rotatable bonds is 14. The molecule has 2 saturated carbocycles. The van der Waals surface area contributed by atoms with E-state index in [0.29, 0.717) is 50.1 Å². The number of carbonyl (C=O) groups is 4. The first-order valence-electron chi connectivity index (χ1n) is 26.0. The monoisotopic (exact) mass is 987 g/mol. The van der Waals surface area contributed by atoms with Crippen LogP contribution in [0.25, 0.3) is 12.2 Å². The zero-order chi connectivity index (χ0) is 50.8. The maximum atomic E-state index is 13.9. The highest BCUT2D eigenvalue weighted by atomic mass is 16.3. The number of carbonyl (C=O) groups excluding carboxylic acids is 4. The number of hydrogen-bond acceptors (Lipinski definition) is 10. The van der Waals surface area contributed by atoms with Gasteiger partial charge in [-0.15, -0.1) is 0 Å². The number of nitrogens with one attached hydrogen (secondary N) is 2. The summed E-state index contributed by atoms with van der Waals surface area (Å²) in [5.41, 5.74) is 4.27. The van der Waals surface area contributed by atoms with Gasteiger partial charge in [-0.1, -0.05) is 50.0 Å². The van der Waals surface area contributed by atoms with Crippen molar-refractivity contribution in [3.05, 3.63) is 116 Å². The van der Waals surface area contributed by atoms with E-state index in [2.05, 4.69) is 20.6 Å². The number of aryl methyl sites for hydroxylation is 2. The van der Waals surface area contributed by atoms with Crippen molar-refractivity contribution in [1.82, 2.24) is 48.7 Å². The van der Waals surface area contributed by atoms with Crippen LogP contribution in [0.3, 0.4) is 0 Å². The summed E-state index contributed by atoms with van der Waals surface area (Å²) in [6, 6.07) is 5.09. The molecule has 2 aliphatic carbocycles. The van der Waals surface area contributed by atoms with E-state index >= 15 is 0 Å². The minimum Gasteiger partial charge on any atom is -0.396 e. The summed E-state index contributed by atoms with van der Waals surface area (Å²) in [5, 5.41) is 26.9. The highest BCUT2D eigenvalue weighted by Gasteiger charge is 2.59. The molecule has 4 fully saturated rings. The van der Waals surface area contributed by atoms with Crippen molar-refractivity contribution < 1.29 is 29.4 Å². The van der Waals surface area contributed by atoms with Gasteiger partial charge in [-0.25, -0.2) is 9.97 Å². The van der Waals surface area contributed by atoms with Gasteiger partial charge in [0.05, 0.1) is 36.1 Å². The van der Waals surface area contributed by atoms with Crippen molar-refractivity contribution in [2.45, 2.75) is 115 Å². The fourth-order valence-corrected chi connectivity index (χ4v) is 12.9. The third-order valence-corrected chi connectivity index (χ3v) is 16.2. The van der Waals surface area contributed by atoms with Crippen molar-refractivity contribution in [2.75, 3.05) is 26.3 Å². The van der Waals surface area contributed by atoms with Gasteiger partial charge >= 0.3 is 0 Å². The van der Waals surface area contributed by atoms with Gasteiger partial charge < -0.3 is 48.9 Å². The van der Waals surface area contributed by atoms with Crippen molar-refractivity contribution in [3.8, 4) is 0 Å². The van der Waals surface area contributed by atoms with E-state index in [9.17, 15) is 39.0 Å². The molecule has 4 N–H and O–H groups in total. The van der Waals surface area contributed by atoms with E-state index in [4.69, 9.17) is 0 Å². The van der Waals surface area contributed by atoms with Crippen LogP contribution in [-0.4, -0.2) is 110 Å². The standard InChI is InChI=1S/2C27H35N5O4/c2*1-3-6-17-9-10-22-23-20(14-31(22)26(17)35)21(15-33)24(32(23)27(36)18-7-4-5-8-18)25(34)28-12-11-19-13-30(2)16-29-19/h2*3,6,9-10,13,16,18,20-21,23-24,33H,4-5,7-8,11-12,14-15H2,1-2H3,(H,28,34)/b6-3+;6-3-/t2*20-,21-,23+,24-/m11/s1. The Morgan fingerprint density at radius 2 is 1.01 bits per heavy atom. The van der Waals surface area contributed by atoms with Crippen LogP contribution in [0.15, 0.2) is 71.1 Å². The normalized spacial score (nSPS) is 25.5. The molecule has 4 aromatic heterocycles. The molecule has 2 saturated heterocycles. The Morgan fingerprint density at radius 1 is 0.625 bits per heavy atom. The maximum Gasteiger partial charge on any atom is 0.258 e. The molecule has 0 unspecified atom stereocenters. The second kappa shape index (κ2) is 21.8. The van der Waals surface area contributed by atoms with Crippen LogP contribution in [0.4, 0.5) is 0 Å². The van der Waals surface area contributed by atoms with Crippen molar-refractivity contribution >= 4 is 35.8 Å². The number of aliphatic hydroxyl groups excluding tert-OH is 2. The lowest BCUT2D eigenvalue weighted by Gasteiger charge is -2.33. The van der Waals surface area contributed by atoms with Crippen LogP contribution in [0.5, 0.6) is 0 Å². The first-order chi connectivity index (χ1) is 34.9. The number of aromatic nitrogens is 6. The fraction of sp³-hybridized carbons (Fsp3) is 0.556. The molecule has 72 heavy (non-hydrogen) atoms. The van der Waals surface area contributed by atoms with Gasteiger partial charge in [0.1, 0.15) is 12.1 Å². The number of allylic oxidation sites excluding steroid dienone is 2. The van der Waals surface area contributed by atoms with Crippen molar-refractivity contribution in [3.63, 3.8) is 0 Å². The van der Waals surface area contributed by atoms with Crippen LogP contribution in [-0.2, 0) is 59.2 Å². The minimum atomic E-state index is -0.763. The Morgan fingerprint density at radius 3 is 1.35 bits per heavy atom. The predicted molar refractivity (Wildman–Crippen MR) is 269 cm³/mol. The lowest BCUT2D eigenvalue weighted by Crippen LogP contribution is -2.52. The van der Waals surface area contributed by atoms with E-state index in [1.807, 2.05) is 73.8 Å². The highest BCUT2D eigenvalue weighted by molar-refractivity contribution is 5.91. The second-order valence-electron chi connectivity index (χ2n) is 20.7. The molecule has 18 heteroatoms. The zero-order valence-electron chi connectivity index (χ0n) is 41.9. The summed E-state index contributed by atoms with van der Waals surface area (Å²) in [6.45, 7) is 4.86. The molecule has 8 atom stereocenters. The minimum absolute atomic E-state index is 0.0262.